The van der Waals surface area contributed by atoms with Crippen LogP contribution in [0.3, 0.4) is 0 Å². The van der Waals surface area contributed by atoms with Gasteiger partial charge in [-0.05, 0) is 52.9 Å². The van der Waals surface area contributed by atoms with Crippen molar-refractivity contribution in [2.45, 2.75) is 86.2 Å². The maximum absolute atomic E-state index is 4.39. The maximum Gasteiger partial charge on any atom is 0.106 e. The van der Waals surface area contributed by atoms with Crippen LogP contribution in [-0.4, -0.2) is 21.9 Å². The van der Waals surface area contributed by atoms with Gasteiger partial charge in [-0.15, -0.1) is 0 Å². The predicted octanol–water partition coefficient (Wildman–Crippen LogP) is 5.34. The van der Waals surface area contributed by atoms with E-state index >= 15 is 0 Å². The third-order valence-corrected chi connectivity index (χ3v) is 3.87. The molecule has 0 radical (unpaired) electrons. The average Bonchev–Trinajstić information content (AvgIpc) is 2.58. The van der Waals surface area contributed by atoms with Crippen molar-refractivity contribution in [3.63, 3.8) is 0 Å². The first-order chi connectivity index (χ1) is 9.31. The minimum atomic E-state index is 0.483. The summed E-state index contributed by atoms with van der Waals surface area (Å²) in [5.74, 6) is 1.86. The highest BCUT2D eigenvalue weighted by Gasteiger charge is 2.34. The zero-order valence-electron chi connectivity index (χ0n) is 14.7. The number of allylic oxidation sites excluding steroid dienone is 2. The molecule has 0 N–H and O–H groups in total. The van der Waals surface area contributed by atoms with Crippen LogP contribution < -0.4 is 0 Å². The summed E-state index contributed by atoms with van der Waals surface area (Å²) in [4.78, 5) is 4.93. The van der Waals surface area contributed by atoms with E-state index in [1.807, 2.05) is 0 Å². The molecule has 20 heavy (non-hydrogen) atoms. The van der Waals surface area contributed by atoms with Gasteiger partial charge in [-0.25, -0.2) is 0 Å². The van der Waals surface area contributed by atoms with Crippen molar-refractivity contribution in [3.05, 3.63) is 23.8 Å². The van der Waals surface area contributed by atoms with Gasteiger partial charge in [0.15, 0.2) is 0 Å². The van der Waals surface area contributed by atoms with E-state index in [-0.39, 0.29) is 0 Å². The molecule has 0 aromatic rings. The molecular weight excluding hydrogens is 244 g/mol. The van der Waals surface area contributed by atoms with E-state index in [0.717, 1.165) is 6.42 Å². The highest BCUT2D eigenvalue weighted by atomic mass is 15.4. The highest BCUT2D eigenvalue weighted by Crippen LogP contribution is 2.39. The van der Waals surface area contributed by atoms with E-state index in [1.165, 1.54) is 36.5 Å². The summed E-state index contributed by atoms with van der Waals surface area (Å²) >= 11 is 0. The summed E-state index contributed by atoms with van der Waals surface area (Å²) < 4.78 is 0. The molecule has 0 aliphatic carbocycles. The third kappa shape index (κ3) is 3.59. The topological polar surface area (TPSA) is 6.48 Å². The van der Waals surface area contributed by atoms with Crippen LogP contribution >= 0.6 is 0 Å². The van der Waals surface area contributed by atoms with Gasteiger partial charge >= 0.3 is 0 Å². The molecule has 2 heteroatoms. The molecule has 116 valence electrons. The second kappa shape index (κ2) is 7.19. The smallest absolute Gasteiger partial charge is 0.106 e. The number of unbranched alkanes of at least 4 members (excludes halogenated alkanes) is 1. The fourth-order valence-corrected chi connectivity index (χ4v) is 3.14. The fourth-order valence-electron chi connectivity index (χ4n) is 3.14. The normalized spacial score (nSPS) is 16.6. The van der Waals surface area contributed by atoms with Crippen LogP contribution in [-0.2, 0) is 0 Å². The Kier molecular flexibility index (Phi) is 6.16. The second-order valence-electron chi connectivity index (χ2n) is 6.94. The number of rotatable bonds is 7. The third-order valence-electron chi connectivity index (χ3n) is 3.87. The average molecular weight is 278 g/mol. The first kappa shape index (κ1) is 17.1. The first-order valence-electron chi connectivity index (χ1n) is 8.30. The van der Waals surface area contributed by atoms with Crippen molar-refractivity contribution >= 4 is 0 Å². The first-order valence-corrected chi connectivity index (χ1v) is 8.30. The van der Waals surface area contributed by atoms with Crippen molar-refractivity contribution in [3.8, 4) is 0 Å². The minimum Gasteiger partial charge on any atom is -0.328 e. The zero-order chi connectivity index (χ0) is 15.4. The summed E-state index contributed by atoms with van der Waals surface area (Å²) in [6.45, 7) is 20.4. The summed E-state index contributed by atoms with van der Waals surface area (Å²) in [6, 6.07) is 0.969. The van der Waals surface area contributed by atoms with Gasteiger partial charge in [0, 0.05) is 23.5 Å². The van der Waals surface area contributed by atoms with Gasteiger partial charge < -0.3 is 9.80 Å². The van der Waals surface area contributed by atoms with Crippen LogP contribution in [0.2, 0.25) is 0 Å². The Morgan fingerprint density at radius 2 is 1.40 bits per heavy atom. The number of hydrogen-bond acceptors (Lipinski definition) is 2. The molecule has 1 aliphatic rings. The molecule has 1 heterocycles. The summed E-state index contributed by atoms with van der Waals surface area (Å²) in [5, 5.41) is 0. The van der Waals surface area contributed by atoms with Gasteiger partial charge in [0.2, 0.25) is 0 Å². The van der Waals surface area contributed by atoms with E-state index in [1.54, 1.807) is 0 Å². The van der Waals surface area contributed by atoms with Crippen LogP contribution in [0.4, 0.5) is 0 Å². The Morgan fingerprint density at radius 3 is 1.80 bits per heavy atom. The maximum atomic E-state index is 4.39. The van der Waals surface area contributed by atoms with Crippen molar-refractivity contribution in [1.29, 1.82) is 0 Å². The Morgan fingerprint density at radius 1 is 0.900 bits per heavy atom. The largest absolute Gasteiger partial charge is 0.328 e. The lowest BCUT2D eigenvalue weighted by Gasteiger charge is -2.32. The fraction of sp³-hybridized carbons (Fsp3) is 0.778. The Labute approximate surface area is 126 Å². The van der Waals surface area contributed by atoms with Gasteiger partial charge in [0.05, 0.1) is 0 Å². The lowest BCUT2D eigenvalue weighted by Crippen LogP contribution is -2.33. The molecule has 0 bridgehead atoms. The van der Waals surface area contributed by atoms with E-state index in [0.29, 0.717) is 18.0 Å². The Hall–Kier alpha value is -0.920. The van der Waals surface area contributed by atoms with Crippen LogP contribution in [0.1, 0.15) is 74.1 Å². The summed E-state index contributed by atoms with van der Waals surface area (Å²) in [6.07, 6.45) is 4.84. The molecule has 0 unspecified atom stereocenters. The molecule has 0 aromatic carbocycles. The van der Waals surface area contributed by atoms with Crippen molar-refractivity contribution in [2.24, 2.45) is 5.92 Å². The van der Waals surface area contributed by atoms with Crippen molar-refractivity contribution < 1.29 is 0 Å². The molecule has 1 aliphatic heterocycles. The van der Waals surface area contributed by atoms with Gasteiger partial charge in [-0.1, -0.05) is 33.8 Å². The Bertz CT molecular complexity index is 364. The zero-order valence-corrected chi connectivity index (χ0v) is 14.7. The van der Waals surface area contributed by atoms with Crippen LogP contribution in [0.5, 0.6) is 0 Å². The van der Waals surface area contributed by atoms with E-state index in [2.05, 4.69) is 64.8 Å². The van der Waals surface area contributed by atoms with Crippen molar-refractivity contribution in [2.75, 3.05) is 0 Å². The number of hydrogen-bond donors (Lipinski definition) is 0. The van der Waals surface area contributed by atoms with E-state index < -0.39 is 0 Å². The number of nitrogens with zero attached hydrogens (tertiary/aromatic N) is 2. The molecule has 0 spiro atoms. The molecule has 0 amide bonds. The standard InChI is InChI=1S/C18H34N2/c1-9-10-11-17-18(12-13(2)3)20(15(6)7)16(8)19(17)14(4)5/h13-15H,8-12H2,1-7H3. The van der Waals surface area contributed by atoms with Gasteiger partial charge in [-0.2, -0.15) is 0 Å². The van der Waals surface area contributed by atoms with E-state index in [4.69, 9.17) is 0 Å². The molecule has 0 aromatic heterocycles. The monoisotopic (exact) mass is 278 g/mol. The second-order valence-corrected chi connectivity index (χ2v) is 6.94. The molecular formula is C18H34N2. The highest BCUT2D eigenvalue weighted by molar-refractivity contribution is 5.30. The molecule has 0 saturated carbocycles. The van der Waals surface area contributed by atoms with Crippen LogP contribution in [0.15, 0.2) is 23.8 Å². The van der Waals surface area contributed by atoms with Crippen molar-refractivity contribution in [1.82, 2.24) is 9.80 Å². The van der Waals surface area contributed by atoms with Gasteiger partial charge in [0.1, 0.15) is 5.82 Å². The van der Waals surface area contributed by atoms with E-state index in [9.17, 15) is 0 Å². The van der Waals surface area contributed by atoms with Gasteiger partial charge in [-0.3, -0.25) is 0 Å². The quantitative estimate of drug-likeness (QED) is 0.620. The van der Waals surface area contributed by atoms with Gasteiger partial charge in [0.25, 0.3) is 0 Å². The SMILES string of the molecule is C=C1N(C(C)C)C(CCCC)=C(CC(C)C)N1C(C)C. The lowest BCUT2D eigenvalue weighted by molar-refractivity contribution is 0.261. The predicted molar refractivity (Wildman–Crippen MR) is 89.1 cm³/mol. The van der Waals surface area contributed by atoms with Crippen LogP contribution in [0, 0.1) is 5.92 Å². The van der Waals surface area contributed by atoms with Crippen LogP contribution in [0.25, 0.3) is 0 Å². The molecule has 2 nitrogen and oxygen atoms in total. The lowest BCUT2D eigenvalue weighted by atomic mass is 10.0. The minimum absolute atomic E-state index is 0.483. The molecule has 0 atom stereocenters. The summed E-state index contributed by atoms with van der Waals surface area (Å²) in [5.41, 5.74) is 3.04. The summed E-state index contributed by atoms with van der Waals surface area (Å²) in [7, 11) is 0. The molecule has 0 fully saturated rings. The molecule has 0 saturated heterocycles. The Balaban J connectivity index is 3.21. The molecule has 1 rings (SSSR count).